The molecule has 0 aliphatic carbocycles. The van der Waals surface area contributed by atoms with Crippen LogP contribution in [0.2, 0.25) is 0 Å². The Hall–Kier alpha value is -1.59. The molecule has 0 aromatic carbocycles. The third kappa shape index (κ3) is 3.24. The van der Waals surface area contributed by atoms with Gasteiger partial charge in [0.25, 0.3) is 5.92 Å². The van der Waals surface area contributed by atoms with Crippen molar-refractivity contribution >= 4 is 6.03 Å². The van der Waals surface area contributed by atoms with E-state index in [9.17, 15) is 13.6 Å². The van der Waals surface area contributed by atoms with E-state index < -0.39 is 5.92 Å². The summed E-state index contributed by atoms with van der Waals surface area (Å²) in [4.78, 5) is 15.1. The number of likely N-dealkylation sites (tertiary alicyclic amines) is 1. The monoisotopic (exact) mass is 272 g/mol. The molecule has 1 aromatic rings. The summed E-state index contributed by atoms with van der Waals surface area (Å²) in [7, 11) is 1.67. The first-order valence-corrected chi connectivity index (χ1v) is 6.30. The molecule has 1 aliphatic heterocycles. The van der Waals surface area contributed by atoms with Crippen molar-refractivity contribution in [2.75, 3.05) is 20.1 Å². The molecule has 1 fully saturated rings. The largest absolute Gasteiger partial charge is 0.469 e. The van der Waals surface area contributed by atoms with Crippen molar-refractivity contribution in [3.8, 4) is 0 Å². The molecule has 6 heteroatoms. The molecule has 2 rings (SSSR count). The lowest BCUT2D eigenvalue weighted by Gasteiger charge is -2.34. The van der Waals surface area contributed by atoms with Crippen LogP contribution in [0, 0.1) is 6.92 Å². The number of urea groups is 1. The fraction of sp³-hybridized carbons (Fsp3) is 0.615. The number of nitrogens with zero attached hydrogens (tertiary/aromatic N) is 2. The molecular formula is C13H18F2N2O2. The van der Waals surface area contributed by atoms with Crippen LogP contribution < -0.4 is 0 Å². The van der Waals surface area contributed by atoms with Crippen LogP contribution in [-0.2, 0) is 6.54 Å². The highest BCUT2D eigenvalue weighted by molar-refractivity contribution is 5.74. The molecule has 1 saturated heterocycles. The summed E-state index contributed by atoms with van der Waals surface area (Å²) in [6, 6.07) is 1.60. The third-order valence-electron chi connectivity index (χ3n) is 3.47. The second kappa shape index (κ2) is 5.19. The summed E-state index contributed by atoms with van der Waals surface area (Å²) in [5.41, 5.74) is 0.929. The molecule has 2 amide bonds. The number of piperidine rings is 1. The van der Waals surface area contributed by atoms with Crippen molar-refractivity contribution in [1.82, 2.24) is 9.80 Å². The number of rotatable bonds is 2. The maximum Gasteiger partial charge on any atom is 0.320 e. The van der Waals surface area contributed by atoms with E-state index in [0.29, 0.717) is 6.54 Å². The Morgan fingerprint density at radius 3 is 2.63 bits per heavy atom. The van der Waals surface area contributed by atoms with Gasteiger partial charge in [0.2, 0.25) is 0 Å². The zero-order chi connectivity index (χ0) is 14.0. The topological polar surface area (TPSA) is 36.7 Å². The highest BCUT2D eigenvalue weighted by Crippen LogP contribution is 2.28. The number of carbonyl (C=O) groups excluding carboxylic acids is 1. The highest BCUT2D eigenvalue weighted by atomic mass is 19.3. The molecule has 0 unspecified atom stereocenters. The van der Waals surface area contributed by atoms with Crippen molar-refractivity contribution in [3.05, 3.63) is 23.7 Å². The Kier molecular flexibility index (Phi) is 3.78. The zero-order valence-electron chi connectivity index (χ0n) is 11.2. The second-order valence-electron chi connectivity index (χ2n) is 4.98. The van der Waals surface area contributed by atoms with Crippen molar-refractivity contribution < 1.29 is 18.0 Å². The van der Waals surface area contributed by atoms with E-state index in [1.165, 1.54) is 9.80 Å². The number of alkyl halides is 2. The SMILES string of the molecule is Cc1occc1CN(C)C(=O)N1CCC(F)(F)CC1. The van der Waals surface area contributed by atoms with E-state index in [1.807, 2.05) is 13.0 Å². The molecule has 4 nitrogen and oxygen atoms in total. The maximum absolute atomic E-state index is 13.0. The number of amides is 2. The van der Waals surface area contributed by atoms with Gasteiger partial charge in [-0.2, -0.15) is 0 Å². The van der Waals surface area contributed by atoms with Gasteiger partial charge in [-0.05, 0) is 13.0 Å². The van der Waals surface area contributed by atoms with E-state index in [1.54, 1.807) is 13.3 Å². The van der Waals surface area contributed by atoms with Crippen LogP contribution >= 0.6 is 0 Å². The predicted octanol–water partition coefficient (Wildman–Crippen LogP) is 2.87. The van der Waals surface area contributed by atoms with E-state index >= 15 is 0 Å². The molecule has 1 aromatic heterocycles. The first-order valence-electron chi connectivity index (χ1n) is 6.30. The number of hydrogen-bond donors (Lipinski definition) is 0. The summed E-state index contributed by atoms with van der Waals surface area (Å²) in [6.07, 6.45) is 1.07. The van der Waals surface area contributed by atoms with Crippen molar-refractivity contribution in [3.63, 3.8) is 0 Å². The minimum Gasteiger partial charge on any atom is -0.469 e. The fourth-order valence-corrected chi connectivity index (χ4v) is 2.17. The van der Waals surface area contributed by atoms with Gasteiger partial charge in [-0.3, -0.25) is 0 Å². The number of aryl methyl sites for hydroxylation is 1. The standard InChI is InChI=1S/C13H18F2N2O2/c1-10-11(3-8-19-10)9-16(2)12(18)17-6-4-13(14,15)5-7-17/h3,8H,4-7,9H2,1-2H3. The molecular weight excluding hydrogens is 254 g/mol. The molecule has 0 atom stereocenters. The minimum atomic E-state index is -2.63. The van der Waals surface area contributed by atoms with Crippen LogP contribution in [0.3, 0.4) is 0 Å². The van der Waals surface area contributed by atoms with Gasteiger partial charge in [0.1, 0.15) is 5.76 Å². The first-order chi connectivity index (χ1) is 8.89. The zero-order valence-corrected chi connectivity index (χ0v) is 11.2. The Morgan fingerprint density at radius 1 is 1.47 bits per heavy atom. The average molecular weight is 272 g/mol. The van der Waals surface area contributed by atoms with Gasteiger partial charge in [-0.25, -0.2) is 13.6 Å². The molecule has 19 heavy (non-hydrogen) atoms. The average Bonchev–Trinajstić information content (AvgIpc) is 2.74. The van der Waals surface area contributed by atoms with Gasteiger partial charge in [0.05, 0.1) is 12.8 Å². The lowest BCUT2D eigenvalue weighted by atomic mass is 10.1. The fourth-order valence-electron chi connectivity index (χ4n) is 2.17. The Balaban J connectivity index is 1.91. The highest BCUT2D eigenvalue weighted by Gasteiger charge is 2.36. The van der Waals surface area contributed by atoms with E-state index in [2.05, 4.69) is 0 Å². The number of hydrogen-bond acceptors (Lipinski definition) is 2. The van der Waals surface area contributed by atoms with Crippen LogP contribution in [0.5, 0.6) is 0 Å². The summed E-state index contributed by atoms with van der Waals surface area (Å²) in [6.45, 7) is 2.48. The molecule has 1 aliphatic rings. The summed E-state index contributed by atoms with van der Waals surface area (Å²) in [5, 5.41) is 0. The molecule has 0 radical (unpaired) electrons. The summed E-state index contributed by atoms with van der Waals surface area (Å²) in [5.74, 6) is -1.86. The predicted molar refractivity (Wildman–Crippen MR) is 66.1 cm³/mol. The summed E-state index contributed by atoms with van der Waals surface area (Å²) >= 11 is 0. The van der Waals surface area contributed by atoms with Gasteiger partial charge in [0.15, 0.2) is 0 Å². The van der Waals surface area contributed by atoms with Crippen molar-refractivity contribution in [1.29, 1.82) is 0 Å². The Morgan fingerprint density at radius 2 is 2.11 bits per heavy atom. The van der Waals surface area contributed by atoms with Crippen LogP contribution in [0.15, 0.2) is 16.7 Å². The van der Waals surface area contributed by atoms with Gasteiger partial charge in [-0.15, -0.1) is 0 Å². The lowest BCUT2D eigenvalue weighted by Crippen LogP contribution is -2.47. The van der Waals surface area contributed by atoms with Gasteiger partial charge in [0, 0.05) is 38.5 Å². The van der Waals surface area contributed by atoms with E-state index in [4.69, 9.17) is 4.42 Å². The molecule has 106 valence electrons. The van der Waals surface area contributed by atoms with E-state index in [0.717, 1.165) is 11.3 Å². The minimum absolute atomic E-state index is 0.112. The third-order valence-corrected chi connectivity index (χ3v) is 3.47. The number of halogens is 2. The molecule has 0 spiro atoms. The normalized spacial score (nSPS) is 18.4. The maximum atomic E-state index is 13.0. The van der Waals surface area contributed by atoms with Crippen LogP contribution in [0.4, 0.5) is 13.6 Å². The first kappa shape index (κ1) is 13.8. The smallest absolute Gasteiger partial charge is 0.320 e. The van der Waals surface area contributed by atoms with Gasteiger partial charge < -0.3 is 14.2 Å². The molecule has 0 N–H and O–H groups in total. The molecule has 0 saturated carbocycles. The molecule has 0 bridgehead atoms. The summed E-state index contributed by atoms with van der Waals surface area (Å²) < 4.78 is 31.2. The lowest BCUT2D eigenvalue weighted by molar-refractivity contribution is -0.0489. The van der Waals surface area contributed by atoms with E-state index in [-0.39, 0.29) is 32.0 Å². The number of furan rings is 1. The second-order valence-corrected chi connectivity index (χ2v) is 4.98. The Labute approximate surface area is 111 Å². The van der Waals surface area contributed by atoms with Crippen LogP contribution in [-0.4, -0.2) is 41.9 Å². The van der Waals surface area contributed by atoms with Crippen LogP contribution in [0.1, 0.15) is 24.2 Å². The van der Waals surface area contributed by atoms with Gasteiger partial charge in [-0.1, -0.05) is 0 Å². The molecule has 2 heterocycles. The van der Waals surface area contributed by atoms with Gasteiger partial charge >= 0.3 is 6.03 Å². The van der Waals surface area contributed by atoms with Crippen LogP contribution in [0.25, 0.3) is 0 Å². The quantitative estimate of drug-likeness (QED) is 0.830. The Bertz CT molecular complexity index is 449. The van der Waals surface area contributed by atoms with Crippen molar-refractivity contribution in [2.24, 2.45) is 0 Å². The van der Waals surface area contributed by atoms with Crippen molar-refractivity contribution in [2.45, 2.75) is 32.2 Å². The number of carbonyl (C=O) groups is 1.